The van der Waals surface area contributed by atoms with Crippen LogP contribution in [0.25, 0.3) is 0 Å². The first-order valence-electron chi connectivity index (χ1n) is 8.12. The van der Waals surface area contributed by atoms with Crippen LogP contribution < -0.4 is 21.1 Å². The predicted octanol–water partition coefficient (Wildman–Crippen LogP) is 3.01. The van der Waals surface area contributed by atoms with E-state index in [9.17, 15) is 9.59 Å². The zero-order chi connectivity index (χ0) is 19.1. The molecule has 0 aliphatic heterocycles. The summed E-state index contributed by atoms with van der Waals surface area (Å²) in [6.07, 6.45) is 0.0855. The van der Waals surface area contributed by atoms with Gasteiger partial charge in [-0.05, 0) is 23.8 Å². The van der Waals surface area contributed by atoms with E-state index in [4.69, 9.17) is 22.1 Å². The molecule has 0 radical (unpaired) electrons. The van der Waals surface area contributed by atoms with Crippen molar-refractivity contribution in [3.8, 4) is 5.75 Å². The Labute approximate surface area is 157 Å². The number of benzene rings is 2. The number of amides is 2. The third-order valence-electron chi connectivity index (χ3n) is 3.83. The molecule has 2 amide bonds. The monoisotopic (exact) mass is 375 g/mol. The molecular formula is C19H22ClN3O3. The highest BCUT2D eigenvalue weighted by Crippen LogP contribution is 2.24. The molecule has 0 aliphatic carbocycles. The topological polar surface area (TPSA) is 93.5 Å². The van der Waals surface area contributed by atoms with Gasteiger partial charge >= 0.3 is 0 Å². The van der Waals surface area contributed by atoms with E-state index < -0.39 is 6.04 Å². The van der Waals surface area contributed by atoms with Crippen molar-refractivity contribution in [2.75, 3.05) is 12.4 Å². The highest BCUT2D eigenvalue weighted by atomic mass is 35.5. The molecule has 4 N–H and O–H groups in total. The maximum atomic E-state index is 12.4. The second kappa shape index (κ2) is 9.22. The van der Waals surface area contributed by atoms with Gasteiger partial charge in [-0.25, -0.2) is 0 Å². The summed E-state index contributed by atoms with van der Waals surface area (Å²) in [5.74, 6) is 0.161. The number of anilines is 1. The third-order valence-corrected chi connectivity index (χ3v) is 4.08. The van der Waals surface area contributed by atoms with E-state index in [0.29, 0.717) is 23.0 Å². The molecule has 0 aliphatic rings. The fourth-order valence-electron chi connectivity index (χ4n) is 2.58. The lowest BCUT2D eigenvalue weighted by Crippen LogP contribution is -2.29. The molecule has 0 fully saturated rings. The van der Waals surface area contributed by atoms with Crippen LogP contribution in [0, 0.1) is 0 Å². The number of nitrogens with one attached hydrogen (secondary N) is 2. The summed E-state index contributed by atoms with van der Waals surface area (Å²) in [4.78, 5) is 23.9. The van der Waals surface area contributed by atoms with Crippen LogP contribution in [0.3, 0.4) is 0 Å². The van der Waals surface area contributed by atoms with Gasteiger partial charge in [0.25, 0.3) is 0 Å². The van der Waals surface area contributed by atoms with E-state index in [-0.39, 0.29) is 18.2 Å². The normalized spacial score (nSPS) is 11.5. The van der Waals surface area contributed by atoms with Gasteiger partial charge in [-0.2, -0.15) is 0 Å². The number of hydrogen-bond acceptors (Lipinski definition) is 4. The fourth-order valence-corrected chi connectivity index (χ4v) is 2.71. The molecule has 2 aromatic rings. The maximum absolute atomic E-state index is 12.4. The van der Waals surface area contributed by atoms with Crippen molar-refractivity contribution in [1.29, 1.82) is 0 Å². The van der Waals surface area contributed by atoms with Crippen LogP contribution in [0.4, 0.5) is 5.69 Å². The number of methoxy groups -OCH3 is 1. The molecule has 7 heteroatoms. The Bertz CT molecular complexity index is 778. The van der Waals surface area contributed by atoms with E-state index >= 15 is 0 Å². The number of halogens is 1. The molecule has 0 bridgehead atoms. The van der Waals surface area contributed by atoms with E-state index in [2.05, 4.69) is 10.6 Å². The Balaban J connectivity index is 2.11. The average Bonchev–Trinajstić information content (AvgIpc) is 2.61. The van der Waals surface area contributed by atoms with E-state index in [1.54, 1.807) is 49.6 Å². The molecule has 26 heavy (non-hydrogen) atoms. The second-order valence-corrected chi connectivity index (χ2v) is 6.22. The standard InChI is InChI=1S/C19H22ClN3O3/c1-12(24)22-17(13-3-6-15(20)7-4-13)10-19(25)23-16-8-5-14(11-21)18(9-16)26-2/h3-9,17H,10-11,21H2,1-2H3,(H,22,24)(H,23,25). The molecule has 0 saturated carbocycles. The first-order valence-corrected chi connectivity index (χ1v) is 8.50. The number of nitrogens with two attached hydrogens (primary N) is 1. The van der Waals surface area contributed by atoms with E-state index in [1.807, 2.05) is 0 Å². The Hall–Kier alpha value is -2.57. The molecule has 0 heterocycles. The van der Waals surface area contributed by atoms with Gasteiger partial charge in [-0.15, -0.1) is 0 Å². The number of rotatable bonds is 7. The molecule has 2 aromatic carbocycles. The Kier molecular flexibility index (Phi) is 7.00. The first kappa shape index (κ1) is 19.8. The van der Waals surface area contributed by atoms with Crippen molar-refractivity contribution >= 4 is 29.1 Å². The molecule has 138 valence electrons. The summed E-state index contributed by atoms with van der Waals surface area (Å²) >= 11 is 5.90. The first-order chi connectivity index (χ1) is 12.4. The summed E-state index contributed by atoms with van der Waals surface area (Å²) in [6.45, 7) is 1.76. The molecule has 0 aromatic heterocycles. The second-order valence-electron chi connectivity index (χ2n) is 5.79. The summed E-state index contributed by atoms with van der Waals surface area (Å²) < 4.78 is 5.27. The van der Waals surface area contributed by atoms with Crippen LogP contribution in [0.2, 0.25) is 5.02 Å². The molecule has 6 nitrogen and oxygen atoms in total. The van der Waals surface area contributed by atoms with Crippen LogP contribution in [-0.4, -0.2) is 18.9 Å². The average molecular weight is 376 g/mol. The van der Waals surface area contributed by atoms with Crippen molar-refractivity contribution in [2.45, 2.75) is 25.9 Å². The van der Waals surface area contributed by atoms with Crippen molar-refractivity contribution in [2.24, 2.45) is 5.73 Å². The molecule has 2 rings (SSSR count). The fraction of sp³-hybridized carbons (Fsp3) is 0.263. The third kappa shape index (κ3) is 5.47. The number of carbonyl (C=O) groups is 2. The molecule has 0 spiro atoms. The van der Waals surface area contributed by atoms with Crippen molar-refractivity contribution in [1.82, 2.24) is 5.32 Å². The molecule has 1 unspecified atom stereocenters. The number of ether oxygens (including phenoxy) is 1. The van der Waals surface area contributed by atoms with Crippen LogP contribution in [0.15, 0.2) is 42.5 Å². The predicted molar refractivity (Wildman–Crippen MR) is 102 cm³/mol. The summed E-state index contributed by atoms with van der Waals surface area (Å²) in [5, 5.41) is 6.19. The Morgan fingerprint density at radius 3 is 2.46 bits per heavy atom. The van der Waals surface area contributed by atoms with Crippen LogP contribution in [0.5, 0.6) is 5.75 Å². The zero-order valence-corrected chi connectivity index (χ0v) is 15.5. The lowest BCUT2D eigenvalue weighted by molar-refractivity contribution is -0.120. The van der Waals surface area contributed by atoms with Gasteiger partial charge in [0.05, 0.1) is 19.6 Å². The van der Waals surface area contributed by atoms with Crippen molar-refractivity contribution in [3.05, 3.63) is 58.6 Å². The smallest absolute Gasteiger partial charge is 0.226 e. The largest absolute Gasteiger partial charge is 0.496 e. The van der Waals surface area contributed by atoms with Crippen molar-refractivity contribution < 1.29 is 14.3 Å². The van der Waals surface area contributed by atoms with Crippen LogP contribution in [0.1, 0.15) is 30.5 Å². The lowest BCUT2D eigenvalue weighted by Gasteiger charge is -2.18. The van der Waals surface area contributed by atoms with Gasteiger partial charge in [0.1, 0.15) is 5.75 Å². The van der Waals surface area contributed by atoms with Gasteiger partial charge < -0.3 is 21.1 Å². The van der Waals surface area contributed by atoms with Gasteiger partial charge in [-0.3, -0.25) is 9.59 Å². The quantitative estimate of drug-likeness (QED) is 0.693. The highest BCUT2D eigenvalue weighted by Gasteiger charge is 2.17. The minimum atomic E-state index is -0.449. The molecular weight excluding hydrogens is 354 g/mol. The SMILES string of the molecule is COc1cc(NC(=O)CC(NC(C)=O)c2ccc(Cl)cc2)ccc1CN. The van der Waals surface area contributed by atoms with Crippen molar-refractivity contribution in [3.63, 3.8) is 0 Å². The van der Waals surface area contributed by atoms with Gasteiger partial charge in [0.2, 0.25) is 11.8 Å². The molecule has 1 atom stereocenters. The van der Waals surface area contributed by atoms with Crippen LogP contribution >= 0.6 is 11.6 Å². The molecule has 0 saturated heterocycles. The summed E-state index contributed by atoms with van der Waals surface area (Å²) in [7, 11) is 1.55. The lowest BCUT2D eigenvalue weighted by atomic mass is 10.0. The Morgan fingerprint density at radius 1 is 1.19 bits per heavy atom. The minimum absolute atomic E-state index is 0.0855. The number of carbonyl (C=O) groups excluding carboxylic acids is 2. The van der Waals surface area contributed by atoms with Gasteiger partial charge in [0.15, 0.2) is 0 Å². The maximum Gasteiger partial charge on any atom is 0.226 e. The summed E-state index contributed by atoms with van der Waals surface area (Å²) in [5.41, 5.74) is 7.90. The summed E-state index contributed by atoms with van der Waals surface area (Å²) in [6, 6.07) is 11.9. The van der Waals surface area contributed by atoms with Crippen LogP contribution in [-0.2, 0) is 16.1 Å². The minimum Gasteiger partial charge on any atom is -0.496 e. The highest BCUT2D eigenvalue weighted by molar-refractivity contribution is 6.30. The van der Waals surface area contributed by atoms with Gasteiger partial charge in [0, 0.05) is 35.8 Å². The van der Waals surface area contributed by atoms with E-state index in [0.717, 1.165) is 11.1 Å². The Morgan fingerprint density at radius 2 is 1.88 bits per heavy atom. The van der Waals surface area contributed by atoms with Gasteiger partial charge in [-0.1, -0.05) is 29.8 Å². The number of hydrogen-bond donors (Lipinski definition) is 3. The van der Waals surface area contributed by atoms with E-state index in [1.165, 1.54) is 6.92 Å². The zero-order valence-electron chi connectivity index (χ0n) is 14.7.